The van der Waals surface area contributed by atoms with Crippen molar-refractivity contribution < 1.29 is 13.2 Å². The lowest BCUT2D eigenvalue weighted by atomic mass is 10.1. The number of thiophene rings is 1. The Kier molecular flexibility index (Phi) is 7.24. The minimum atomic E-state index is -3.60. The normalized spacial score (nSPS) is 14.8. The molecule has 1 aliphatic heterocycles. The topological polar surface area (TPSA) is 78.5 Å². The molecule has 4 rings (SSSR count). The van der Waals surface area contributed by atoms with E-state index >= 15 is 0 Å². The molecule has 2 N–H and O–H groups in total. The first-order chi connectivity index (χ1) is 15.5. The number of piperidine rings is 1. The van der Waals surface area contributed by atoms with Gasteiger partial charge in [0.15, 0.2) is 0 Å². The monoisotopic (exact) mass is 469 g/mol. The molecule has 0 spiro atoms. The molecule has 1 saturated heterocycles. The van der Waals surface area contributed by atoms with Gasteiger partial charge in [0.25, 0.3) is 15.9 Å². The Balaban J connectivity index is 1.32. The van der Waals surface area contributed by atoms with E-state index in [0.29, 0.717) is 17.8 Å². The van der Waals surface area contributed by atoms with E-state index in [1.165, 1.54) is 24.8 Å². The van der Waals surface area contributed by atoms with E-state index in [4.69, 9.17) is 0 Å². The lowest BCUT2D eigenvalue weighted by Crippen LogP contribution is -2.29. The van der Waals surface area contributed by atoms with Crippen LogP contribution < -0.4 is 10.0 Å². The van der Waals surface area contributed by atoms with Crippen LogP contribution in [0.5, 0.6) is 0 Å². The van der Waals surface area contributed by atoms with Gasteiger partial charge < -0.3 is 5.32 Å². The number of carbonyl (C=O) groups is 1. The van der Waals surface area contributed by atoms with Gasteiger partial charge in [0.2, 0.25) is 0 Å². The van der Waals surface area contributed by atoms with Gasteiger partial charge in [-0.15, -0.1) is 11.3 Å². The van der Waals surface area contributed by atoms with Crippen LogP contribution >= 0.6 is 11.3 Å². The standard InChI is InChI=1S/C24H27N3O3S2/c28-24(21-9-11-22(12-10-21)26-32(29,30)23-8-5-15-31-23)25-17-19-6-4-7-20(16-19)18-27-13-2-1-3-14-27/h4-12,15-16,26H,1-3,13-14,17-18H2,(H,25,28). The average Bonchev–Trinajstić information content (AvgIpc) is 3.35. The summed E-state index contributed by atoms with van der Waals surface area (Å²) in [7, 11) is -3.60. The number of carbonyl (C=O) groups excluding carboxylic acids is 1. The van der Waals surface area contributed by atoms with Gasteiger partial charge in [0, 0.05) is 24.3 Å². The molecule has 1 fully saturated rings. The predicted octanol–water partition coefficient (Wildman–Crippen LogP) is 4.46. The molecule has 32 heavy (non-hydrogen) atoms. The molecule has 3 aromatic rings. The van der Waals surface area contributed by atoms with Crippen LogP contribution in [0.1, 0.15) is 40.7 Å². The highest BCUT2D eigenvalue weighted by Crippen LogP contribution is 2.20. The van der Waals surface area contributed by atoms with Gasteiger partial charge in [0.1, 0.15) is 4.21 Å². The van der Waals surface area contributed by atoms with Crippen LogP contribution in [0.15, 0.2) is 70.3 Å². The molecule has 1 aliphatic rings. The SMILES string of the molecule is O=C(NCc1cccc(CN2CCCCC2)c1)c1ccc(NS(=O)(=O)c2cccs2)cc1. The van der Waals surface area contributed by atoms with Crippen LogP contribution in [0.3, 0.4) is 0 Å². The molecule has 2 aromatic carbocycles. The van der Waals surface area contributed by atoms with Crippen molar-refractivity contribution in [2.45, 2.75) is 36.6 Å². The van der Waals surface area contributed by atoms with Crippen molar-refractivity contribution in [3.8, 4) is 0 Å². The van der Waals surface area contributed by atoms with Crippen LogP contribution in [0, 0.1) is 0 Å². The summed E-state index contributed by atoms with van der Waals surface area (Å²) in [5, 5.41) is 4.66. The van der Waals surface area contributed by atoms with Gasteiger partial charge in [-0.1, -0.05) is 36.8 Å². The Morgan fingerprint density at radius 1 is 0.938 bits per heavy atom. The van der Waals surface area contributed by atoms with Crippen molar-refractivity contribution in [1.82, 2.24) is 10.2 Å². The van der Waals surface area contributed by atoms with Crippen LogP contribution in [0.4, 0.5) is 5.69 Å². The maximum absolute atomic E-state index is 12.5. The van der Waals surface area contributed by atoms with Crippen LogP contribution in [0.25, 0.3) is 0 Å². The second-order valence-corrected chi connectivity index (χ2v) is 10.8. The molecule has 168 valence electrons. The fraction of sp³-hybridized carbons (Fsp3) is 0.292. The van der Waals surface area contributed by atoms with Crippen LogP contribution in [-0.4, -0.2) is 32.3 Å². The van der Waals surface area contributed by atoms with Crippen molar-refractivity contribution in [2.75, 3.05) is 17.8 Å². The van der Waals surface area contributed by atoms with Crippen molar-refractivity contribution >= 4 is 33.0 Å². The number of amides is 1. The predicted molar refractivity (Wildman–Crippen MR) is 128 cm³/mol. The number of nitrogens with zero attached hydrogens (tertiary/aromatic N) is 1. The van der Waals surface area contributed by atoms with Crippen molar-refractivity contribution in [3.05, 3.63) is 82.7 Å². The summed E-state index contributed by atoms with van der Waals surface area (Å²) >= 11 is 1.15. The molecular weight excluding hydrogens is 442 g/mol. The van der Waals surface area contributed by atoms with E-state index in [2.05, 4.69) is 27.1 Å². The molecule has 1 aromatic heterocycles. The van der Waals surface area contributed by atoms with E-state index in [1.807, 2.05) is 12.1 Å². The second kappa shape index (κ2) is 10.3. The van der Waals surface area contributed by atoms with Crippen LogP contribution in [0.2, 0.25) is 0 Å². The highest BCUT2D eigenvalue weighted by molar-refractivity contribution is 7.94. The van der Waals surface area contributed by atoms with E-state index in [9.17, 15) is 13.2 Å². The van der Waals surface area contributed by atoms with Gasteiger partial charge in [-0.25, -0.2) is 8.42 Å². The van der Waals surface area contributed by atoms with E-state index in [-0.39, 0.29) is 10.1 Å². The maximum atomic E-state index is 12.5. The fourth-order valence-electron chi connectivity index (χ4n) is 3.81. The molecular formula is C24H27N3O3S2. The minimum Gasteiger partial charge on any atom is -0.348 e. The average molecular weight is 470 g/mol. The summed E-state index contributed by atoms with van der Waals surface area (Å²) in [4.78, 5) is 15.0. The number of nitrogens with one attached hydrogen (secondary N) is 2. The van der Waals surface area contributed by atoms with Gasteiger partial charge >= 0.3 is 0 Å². The highest BCUT2D eigenvalue weighted by atomic mass is 32.2. The van der Waals surface area contributed by atoms with Gasteiger partial charge in [0.05, 0.1) is 0 Å². The molecule has 0 bridgehead atoms. The lowest BCUT2D eigenvalue weighted by molar-refractivity contribution is 0.0951. The number of hydrogen-bond acceptors (Lipinski definition) is 5. The number of benzene rings is 2. The number of anilines is 1. The molecule has 1 amide bonds. The van der Waals surface area contributed by atoms with Crippen molar-refractivity contribution in [3.63, 3.8) is 0 Å². The summed E-state index contributed by atoms with van der Waals surface area (Å²) in [5.41, 5.74) is 3.23. The highest BCUT2D eigenvalue weighted by Gasteiger charge is 2.15. The molecule has 0 atom stereocenters. The Bertz CT molecular complexity index is 1140. The van der Waals surface area contributed by atoms with Crippen molar-refractivity contribution in [2.24, 2.45) is 0 Å². The van der Waals surface area contributed by atoms with E-state index in [1.54, 1.807) is 41.8 Å². The van der Waals surface area contributed by atoms with E-state index < -0.39 is 10.0 Å². The molecule has 0 aliphatic carbocycles. The summed E-state index contributed by atoms with van der Waals surface area (Å²) in [6.07, 6.45) is 3.86. The lowest BCUT2D eigenvalue weighted by Gasteiger charge is -2.26. The third-order valence-corrected chi connectivity index (χ3v) is 8.24. The molecule has 0 radical (unpaired) electrons. The largest absolute Gasteiger partial charge is 0.348 e. The minimum absolute atomic E-state index is 0.195. The van der Waals surface area contributed by atoms with Crippen molar-refractivity contribution in [1.29, 1.82) is 0 Å². The number of hydrogen-bond donors (Lipinski definition) is 2. The molecule has 2 heterocycles. The Labute approximate surface area is 193 Å². The quantitative estimate of drug-likeness (QED) is 0.510. The first-order valence-corrected chi connectivity index (χ1v) is 13.1. The summed E-state index contributed by atoms with van der Waals surface area (Å²) in [6, 6.07) is 18.0. The first-order valence-electron chi connectivity index (χ1n) is 10.7. The zero-order valence-electron chi connectivity index (χ0n) is 17.8. The molecule has 0 unspecified atom stereocenters. The van der Waals surface area contributed by atoms with E-state index in [0.717, 1.165) is 36.5 Å². The third-order valence-electron chi connectivity index (χ3n) is 5.46. The molecule has 6 nitrogen and oxygen atoms in total. The van der Waals surface area contributed by atoms with Gasteiger partial charge in [-0.3, -0.25) is 14.4 Å². The summed E-state index contributed by atoms with van der Waals surface area (Å²) < 4.78 is 27.4. The Morgan fingerprint density at radius 2 is 1.69 bits per heavy atom. The molecule has 8 heteroatoms. The number of rotatable bonds is 8. The smallest absolute Gasteiger partial charge is 0.271 e. The zero-order valence-corrected chi connectivity index (χ0v) is 19.4. The zero-order chi connectivity index (χ0) is 22.4. The first kappa shape index (κ1) is 22.5. The second-order valence-electron chi connectivity index (χ2n) is 7.95. The summed E-state index contributed by atoms with van der Waals surface area (Å²) in [6.45, 7) is 3.70. The fourth-order valence-corrected chi connectivity index (χ4v) is 5.86. The Morgan fingerprint density at radius 3 is 2.41 bits per heavy atom. The number of likely N-dealkylation sites (tertiary alicyclic amines) is 1. The van der Waals surface area contributed by atoms with Crippen LogP contribution in [-0.2, 0) is 23.1 Å². The maximum Gasteiger partial charge on any atom is 0.271 e. The van der Waals surface area contributed by atoms with Gasteiger partial charge in [-0.05, 0) is 72.8 Å². The Hall–Kier alpha value is -2.68. The van der Waals surface area contributed by atoms with Gasteiger partial charge in [-0.2, -0.15) is 0 Å². The summed E-state index contributed by atoms with van der Waals surface area (Å²) in [5.74, 6) is -0.195. The number of sulfonamides is 1. The third kappa shape index (κ3) is 5.97. The molecule has 0 saturated carbocycles.